The second kappa shape index (κ2) is 5.64. The number of H-pyrrole nitrogens is 1. The van der Waals surface area contributed by atoms with Crippen molar-refractivity contribution < 1.29 is 4.79 Å². The Bertz CT molecular complexity index is 572. The second-order valence-corrected chi connectivity index (χ2v) is 4.72. The fourth-order valence-corrected chi connectivity index (χ4v) is 1.65. The van der Waals surface area contributed by atoms with Crippen LogP contribution in [0.4, 0.5) is 5.82 Å². The van der Waals surface area contributed by atoms with Crippen LogP contribution < -0.4 is 5.32 Å². The van der Waals surface area contributed by atoms with Crippen LogP contribution in [-0.2, 0) is 4.79 Å². The highest BCUT2D eigenvalue weighted by Crippen LogP contribution is 2.12. The quantitative estimate of drug-likeness (QED) is 0.856. The molecule has 92 valence electrons. The van der Waals surface area contributed by atoms with Gasteiger partial charge in [0.25, 0.3) is 0 Å². The molecule has 0 radical (unpaired) electrons. The Hall–Kier alpha value is -1.88. The maximum atomic E-state index is 11.6. The van der Waals surface area contributed by atoms with Crippen LogP contribution in [0.15, 0.2) is 41.0 Å². The summed E-state index contributed by atoms with van der Waals surface area (Å²) in [5.41, 5.74) is 1.87. The van der Waals surface area contributed by atoms with Gasteiger partial charge in [0.2, 0.25) is 5.91 Å². The van der Waals surface area contributed by atoms with Gasteiger partial charge in [-0.25, -0.2) is 0 Å². The van der Waals surface area contributed by atoms with Gasteiger partial charge in [-0.3, -0.25) is 9.89 Å². The van der Waals surface area contributed by atoms with Crippen molar-refractivity contribution in [3.63, 3.8) is 0 Å². The Kier molecular flexibility index (Phi) is 3.94. The van der Waals surface area contributed by atoms with E-state index in [2.05, 4.69) is 31.4 Å². The number of benzene rings is 1. The molecule has 0 fully saturated rings. The minimum absolute atomic E-state index is 0.190. The molecule has 0 saturated heterocycles. The number of hydrogen-bond acceptors (Lipinski definition) is 2. The van der Waals surface area contributed by atoms with Crippen LogP contribution in [0.5, 0.6) is 0 Å². The molecule has 1 aromatic carbocycles. The van der Waals surface area contributed by atoms with Crippen LogP contribution in [0.25, 0.3) is 6.08 Å². The summed E-state index contributed by atoms with van der Waals surface area (Å²) < 4.78 is 1.01. The number of aromatic amines is 1. The van der Waals surface area contributed by atoms with E-state index in [0.717, 1.165) is 15.6 Å². The van der Waals surface area contributed by atoms with Gasteiger partial charge < -0.3 is 5.32 Å². The molecule has 0 spiro atoms. The number of rotatable bonds is 3. The average molecular weight is 306 g/mol. The maximum absolute atomic E-state index is 11.6. The van der Waals surface area contributed by atoms with E-state index < -0.39 is 0 Å². The highest BCUT2D eigenvalue weighted by Gasteiger charge is 2.02. The first kappa shape index (κ1) is 12.6. The molecule has 2 aromatic rings. The van der Waals surface area contributed by atoms with Gasteiger partial charge in [-0.2, -0.15) is 5.10 Å². The maximum Gasteiger partial charge on any atom is 0.249 e. The molecule has 4 nitrogen and oxygen atoms in total. The molecule has 2 rings (SSSR count). The van der Waals surface area contributed by atoms with Crippen LogP contribution >= 0.6 is 15.9 Å². The minimum atomic E-state index is -0.190. The van der Waals surface area contributed by atoms with E-state index in [1.165, 1.54) is 6.08 Å². The third kappa shape index (κ3) is 3.30. The van der Waals surface area contributed by atoms with Crippen molar-refractivity contribution in [2.75, 3.05) is 5.32 Å². The van der Waals surface area contributed by atoms with Crippen molar-refractivity contribution >= 4 is 33.7 Å². The number of carbonyl (C=O) groups is 1. The molecule has 1 heterocycles. The summed E-state index contributed by atoms with van der Waals surface area (Å²) in [6.45, 7) is 1.87. The fourth-order valence-electron chi connectivity index (χ4n) is 1.38. The molecule has 0 aliphatic carbocycles. The van der Waals surface area contributed by atoms with Crippen molar-refractivity contribution in [3.8, 4) is 0 Å². The predicted octanol–water partition coefficient (Wildman–Crippen LogP) is 3.13. The Labute approximate surface area is 113 Å². The normalized spacial score (nSPS) is 10.8. The Morgan fingerprint density at radius 2 is 2.11 bits per heavy atom. The topological polar surface area (TPSA) is 57.8 Å². The van der Waals surface area contributed by atoms with E-state index in [4.69, 9.17) is 0 Å². The first-order valence-corrected chi connectivity index (χ1v) is 6.19. The van der Waals surface area contributed by atoms with E-state index >= 15 is 0 Å². The molecule has 0 saturated carbocycles. The number of hydrogen-bond donors (Lipinski definition) is 2. The number of halogens is 1. The number of nitrogens with zero attached hydrogens (tertiary/aromatic N) is 1. The van der Waals surface area contributed by atoms with Crippen molar-refractivity contribution in [3.05, 3.63) is 52.1 Å². The zero-order chi connectivity index (χ0) is 13.0. The van der Waals surface area contributed by atoms with Gasteiger partial charge in [-0.05, 0) is 30.7 Å². The Morgan fingerprint density at radius 3 is 2.72 bits per heavy atom. The zero-order valence-corrected chi connectivity index (χ0v) is 11.4. The molecule has 2 N–H and O–H groups in total. The van der Waals surface area contributed by atoms with Crippen LogP contribution in [0, 0.1) is 6.92 Å². The lowest BCUT2D eigenvalue weighted by molar-refractivity contribution is -0.111. The zero-order valence-electron chi connectivity index (χ0n) is 9.77. The molecular weight excluding hydrogens is 294 g/mol. The fraction of sp³-hybridized carbons (Fsp3) is 0.0769. The molecule has 1 aromatic heterocycles. The molecule has 0 aliphatic heterocycles. The molecular formula is C13H12BrN3O. The summed E-state index contributed by atoms with van der Waals surface area (Å²) in [5.74, 6) is 0.436. The van der Waals surface area contributed by atoms with Crippen LogP contribution in [-0.4, -0.2) is 16.1 Å². The van der Waals surface area contributed by atoms with Gasteiger partial charge in [-0.15, -0.1) is 0 Å². The van der Waals surface area contributed by atoms with Gasteiger partial charge in [0.1, 0.15) is 5.82 Å². The molecule has 0 unspecified atom stereocenters. The molecule has 1 amide bonds. The minimum Gasteiger partial charge on any atom is -0.307 e. The van der Waals surface area contributed by atoms with Crippen LogP contribution in [0.2, 0.25) is 0 Å². The van der Waals surface area contributed by atoms with E-state index in [1.807, 2.05) is 31.2 Å². The van der Waals surface area contributed by atoms with Crippen molar-refractivity contribution in [1.29, 1.82) is 0 Å². The molecule has 18 heavy (non-hydrogen) atoms. The number of nitrogens with one attached hydrogen (secondary N) is 2. The van der Waals surface area contributed by atoms with E-state index in [-0.39, 0.29) is 5.91 Å². The van der Waals surface area contributed by atoms with E-state index in [9.17, 15) is 4.79 Å². The average Bonchev–Trinajstić information content (AvgIpc) is 2.74. The standard InChI is InChI=1S/C13H12BrN3O/c1-9-8-15-17-13(9)16-12(18)7-4-10-2-5-11(14)6-3-10/h2-8H,1H3,(H2,15,16,17,18)/b7-4+. The summed E-state index contributed by atoms with van der Waals surface area (Å²) in [4.78, 5) is 11.6. The summed E-state index contributed by atoms with van der Waals surface area (Å²) >= 11 is 3.36. The monoisotopic (exact) mass is 305 g/mol. The summed E-state index contributed by atoms with van der Waals surface area (Å²) in [5, 5.41) is 9.27. The van der Waals surface area contributed by atoms with E-state index in [1.54, 1.807) is 12.3 Å². The molecule has 0 aliphatic rings. The smallest absolute Gasteiger partial charge is 0.249 e. The lowest BCUT2D eigenvalue weighted by Gasteiger charge is -1.99. The van der Waals surface area contributed by atoms with Crippen molar-refractivity contribution in [2.45, 2.75) is 6.92 Å². The Morgan fingerprint density at radius 1 is 1.39 bits per heavy atom. The highest BCUT2D eigenvalue weighted by molar-refractivity contribution is 9.10. The first-order valence-electron chi connectivity index (χ1n) is 5.40. The Balaban J connectivity index is 1.99. The van der Waals surface area contributed by atoms with Gasteiger partial charge >= 0.3 is 0 Å². The summed E-state index contributed by atoms with van der Waals surface area (Å²) in [7, 11) is 0. The van der Waals surface area contributed by atoms with E-state index in [0.29, 0.717) is 5.82 Å². The SMILES string of the molecule is Cc1cn[nH]c1NC(=O)/C=C/c1ccc(Br)cc1. The first-order chi connectivity index (χ1) is 8.65. The number of anilines is 1. The third-order valence-corrected chi connectivity index (χ3v) is 2.90. The number of aromatic nitrogens is 2. The largest absolute Gasteiger partial charge is 0.307 e. The third-order valence-electron chi connectivity index (χ3n) is 2.37. The molecule has 5 heteroatoms. The van der Waals surface area contributed by atoms with Crippen LogP contribution in [0.3, 0.4) is 0 Å². The summed E-state index contributed by atoms with van der Waals surface area (Å²) in [6, 6.07) is 7.71. The van der Waals surface area contributed by atoms with Gasteiger partial charge in [-0.1, -0.05) is 28.1 Å². The molecule has 0 bridgehead atoms. The van der Waals surface area contributed by atoms with Gasteiger partial charge in [0.15, 0.2) is 0 Å². The van der Waals surface area contributed by atoms with Crippen LogP contribution in [0.1, 0.15) is 11.1 Å². The van der Waals surface area contributed by atoms with Crippen molar-refractivity contribution in [2.24, 2.45) is 0 Å². The number of amides is 1. The summed E-state index contributed by atoms with van der Waals surface area (Å²) in [6.07, 6.45) is 4.91. The lowest BCUT2D eigenvalue weighted by Crippen LogP contribution is -2.08. The van der Waals surface area contributed by atoms with Crippen molar-refractivity contribution in [1.82, 2.24) is 10.2 Å². The number of aryl methyl sites for hydroxylation is 1. The lowest BCUT2D eigenvalue weighted by atomic mass is 10.2. The van der Waals surface area contributed by atoms with Gasteiger partial charge in [0.05, 0.1) is 6.20 Å². The van der Waals surface area contributed by atoms with Gasteiger partial charge in [0, 0.05) is 16.1 Å². The predicted molar refractivity (Wildman–Crippen MR) is 75.1 cm³/mol. The second-order valence-electron chi connectivity index (χ2n) is 3.80. The highest BCUT2D eigenvalue weighted by atomic mass is 79.9. The number of carbonyl (C=O) groups excluding carboxylic acids is 1. The molecule has 0 atom stereocenters.